The molecule has 0 bridgehead atoms. The summed E-state index contributed by atoms with van der Waals surface area (Å²) in [7, 11) is 2.01. The van der Waals surface area contributed by atoms with Gasteiger partial charge in [0, 0.05) is 36.3 Å². The molecule has 1 unspecified atom stereocenters. The van der Waals surface area contributed by atoms with Crippen LogP contribution >= 0.6 is 11.8 Å². The van der Waals surface area contributed by atoms with E-state index in [0.29, 0.717) is 0 Å². The molecule has 0 saturated carbocycles. The lowest BCUT2D eigenvalue weighted by atomic mass is 10.1. The molecule has 0 spiro atoms. The molecule has 1 aromatic carbocycles. The molecule has 1 N–H and O–H groups in total. The second kappa shape index (κ2) is 5.78. The number of nitrogens with one attached hydrogen (secondary N) is 1. The highest BCUT2D eigenvalue weighted by molar-refractivity contribution is 8.00. The van der Waals surface area contributed by atoms with E-state index >= 15 is 0 Å². The Morgan fingerprint density at radius 1 is 1.47 bits per heavy atom. The molecule has 1 aliphatic rings. The van der Waals surface area contributed by atoms with E-state index in [1.165, 1.54) is 35.7 Å². The first-order valence-electron chi connectivity index (χ1n) is 6.31. The van der Waals surface area contributed by atoms with E-state index in [4.69, 9.17) is 0 Å². The van der Waals surface area contributed by atoms with E-state index in [9.17, 15) is 0 Å². The molecule has 1 saturated heterocycles. The van der Waals surface area contributed by atoms with Crippen LogP contribution in [0.2, 0.25) is 0 Å². The number of thioether (sulfide) groups is 1. The average molecular weight is 250 g/mol. The summed E-state index contributed by atoms with van der Waals surface area (Å²) in [6.07, 6.45) is 0. The van der Waals surface area contributed by atoms with Crippen molar-refractivity contribution in [2.24, 2.45) is 0 Å². The highest BCUT2D eigenvalue weighted by atomic mass is 32.2. The molecule has 1 atom stereocenters. The summed E-state index contributed by atoms with van der Waals surface area (Å²) in [5.41, 5.74) is 4.18. The van der Waals surface area contributed by atoms with Gasteiger partial charge < -0.3 is 10.2 Å². The Morgan fingerprint density at radius 2 is 2.29 bits per heavy atom. The topological polar surface area (TPSA) is 15.3 Å². The molecule has 0 aromatic heterocycles. The quantitative estimate of drug-likeness (QED) is 0.888. The summed E-state index contributed by atoms with van der Waals surface area (Å²) < 4.78 is 0. The van der Waals surface area contributed by atoms with Crippen LogP contribution in [0.1, 0.15) is 18.1 Å². The van der Waals surface area contributed by atoms with Crippen molar-refractivity contribution in [3.63, 3.8) is 0 Å². The highest BCUT2D eigenvalue weighted by Crippen LogP contribution is 2.27. The SMILES string of the molecule is CNCc1cc(C)ccc1N1CCSC(C)C1. The Kier molecular flexibility index (Phi) is 4.35. The summed E-state index contributed by atoms with van der Waals surface area (Å²) in [5, 5.41) is 4.01. The molecule has 17 heavy (non-hydrogen) atoms. The van der Waals surface area contributed by atoms with Crippen molar-refractivity contribution in [1.82, 2.24) is 5.32 Å². The lowest BCUT2D eigenvalue weighted by molar-refractivity contribution is 0.760. The second-order valence-corrected chi connectivity index (χ2v) is 6.34. The third-order valence-corrected chi connectivity index (χ3v) is 4.32. The fourth-order valence-electron chi connectivity index (χ4n) is 2.39. The largest absolute Gasteiger partial charge is 0.369 e. The van der Waals surface area contributed by atoms with Gasteiger partial charge in [0.2, 0.25) is 0 Å². The zero-order valence-corrected chi connectivity index (χ0v) is 11.8. The van der Waals surface area contributed by atoms with Crippen LogP contribution in [-0.2, 0) is 6.54 Å². The molecular weight excluding hydrogens is 228 g/mol. The normalized spacial score (nSPS) is 20.6. The molecule has 0 aliphatic carbocycles. The fourth-order valence-corrected chi connectivity index (χ4v) is 3.41. The number of hydrogen-bond donors (Lipinski definition) is 1. The number of benzene rings is 1. The third-order valence-electron chi connectivity index (χ3n) is 3.18. The van der Waals surface area contributed by atoms with Gasteiger partial charge >= 0.3 is 0 Å². The standard InChI is InChI=1S/C14H22N2S/c1-11-4-5-14(13(8-11)9-15-3)16-6-7-17-12(2)10-16/h4-5,8,12,15H,6-7,9-10H2,1-3H3. The highest BCUT2D eigenvalue weighted by Gasteiger charge is 2.18. The van der Waals surface area contributed by atoms with Crippen LogP contribution in [0.3, 0.4) is 0 Å². The van der Waals surface area contributed by atoms with Gasteiger partial charge in [-0.1, -0.05) is 24.6 Å². The molecule has 1 fully saturated rings. The number of hydrogen-bond acceptors (Lipinski definition) is 3. The zero-order chi connectivity index (χ0) is 12.3. The molecule has 1 aliphatic heterocycles. The summed E-state index contributed by atoms with van der Waals surface area (Å²) >= 11 is 2.08. The molecule has 0 amide bonds. The predicted molar refractivity (Wildman–Crippen MR) is 78.1 cm³/mol. The number of anilines is 1. The van der Waals surface area contributed by atoms with E-state index in [0.717, 1.165) is 11.8 Å². The summed E-state index contributed by atoms with van der Waals surface area (Å²) in [5.74, 6) is 1.24. The lowest BCUT2D eigenvalue weighted by Gasteiger charge is -2.34. The van der Waals surface area contributed by atoms with Gasteiger partial charge in [0.1, 0.15) is 0 Å². The van der Waals surface area contributed by atoms with Gasteiger partial charge in [-0.05, 0) is 25.6 Å². The first-order chi connectivity index (χ1) is 8.20. The molecule has 3 heteroatoms. The van der Waals surface area contributed by atoms with E-state index in [1.807, 2.05) is 7.05 Å². The lowest BCUT2D eigenvalue weighted by Crippen LogP contribution is -2.37. The Hall–Kier alpha value is -0.670. The van der Waals surface area contributed by atoms with Gasteiger partial charge in [-0.25, -0.2) is 0 Å². The van der Waals surface area contributed by atoms with Crippen molar-refractivity contribution in [1.29, 1.82) is 0 Å². The number of rotatable bonds is 3. The maximum absolute atomic E-state index is 3.27. The van der Waals surface area contributed by atoms with Gasteiger partial charge in [0.05, 0.1) is 0 Å². The maximum Gasteiger partial charge on any atom is 0.0412 e. The molecule has 2 rings (SSSR count). The van der Waals surface area contributed by atoms with Crippen molar-refractivity contribution < 1.29 is 0 Å². The van der Waals surface area contributed by atoms with Crippen molar-refractivity contribution in [3.8, 4) is 0 Å². The molecule has 0 radical (unpaired) electrons. The van der Waals surface area contributed by atoms with Crippen LogP contribution in [0.4, 0.5) is 5.69 Å². The van der Waals surface area contributed by atoms with E-state index in [-0.39, 0.29) is 0 Å². The Morgan fingerprint density at radius 3 is 3.00 bits per heavy atom. The third kappa shape index (κ3) is 3.17. The average Bonchev–Trinajstić information content (AvgIpc) is 2.29. The van der Waals surface area contributed by atoms with Gasteiger partial charge in [0.25, 0.3) is 0 Å². The Labute approximate surface area is 109 Å². The van der Waals surface area contributed by atoms with Crippen molar-refractivity contribution in [3.05, 3.63) is 29.3 Å². The van der Waals surface area contributed by atoms with Crippen LogP contribution in [0.25, 0.3) is 0 Å². The molecule has 1 aromatic rings. The predicted octanol–water partition coefficient (Wildman–Crippen LogP) is 2.66. The number of nitrogens with zero attached hydrogens (tertiary/aromatic N) is 1. The van der Waals surface area contributed by atoms with Crippen molar-refractivity contribution in [2.75, 3.05) is 30.8 Å². The maximum atomic E-state index is 3.27. The molecule has 2 nitrogen and oxygen atoms in total. The Balaban J connectivity index is 2.23. The van der Waals surface area contributed by atoms with E-state index < -0.39 is 0 Å². The minimum atomic E-state index is 0.743. The smallest absolute Gasteiger partial charge is 0.0412 e. The van der Waals surface area contributed by atoms with Crippen molar-refractivity contribution >= 4 is 17.4 Å². The van der Waals surface area contributed by atoms with Gasteiger partial charge in [-0.2, -0.15) is 11.8 Å². The second-order valence-electron chi connectivity index (χ2n) is 4.79. The van der Waals surface area contributed by atoms with Gasteiger partial charge in [-0.15, -0.1) is 0 Å². The minimum Gasteiger partial charge on any atom is -0.369 e. The summed E-state index contributed by atoms with van der Waals surface area (Å²) in [6.45, 7) is 7.79. The number of aryl methyl sites for hydroxylation is 1. The monoisotopic (exact) mass is 250 g/mol. The molecule has 94 valence electrons. The van der Waals surface area contributed by atoms with Crippen LogP contribution in [0, 0.1) is 6.92 Å². The first kappa shape index (κ1) is 12.8. The van der Waals surface area contributed by atoms with Gasteiger partial charge in [-0.3, -0.25) is 0 Å². The van der Waals surface area contributed by atoms with Gasteiger partial charge in [0.15, 0.2) is 0 Å². The van der Waals surface area contributed by atoms with Crippen LogP contribution < -0.4 is 10.2 Å². The summed E-state index contributed by atoms with van der Waals surface area (Å²) in [6, 6.07) is 6.81. The Bertz CT molecular complexity index is 378. The van der Waals surface area contributed by atoms with Crippen LogP contribution in [0.5, 0.6) is 0 Å². The molecular formula is C14H22N2S. The van der Waals surface area contributed by atoms with E-state index in [1.54, 1.807) is 0 Å². The molecule has 1 heterocycles. The van der Waals surface area contributed by atoms with Crippen LogP contribution in [0.15, 0.2) is 18.2 Å². The summed E-state index contributed by atoms with van der Waals surface area (Å²) in [4.78, 5) is 2.54. The fraction of sp³-hybridized carbons (Fsp3) is 0.571. The zero-order valence-electron chi connectivity index (χ0n) is 11.0. The first-order valence-corrected chi connectivity index (χ1v) is 7.36. The van der Waals surface area contributed by atoms with Crippen molar-refractivity contribution in [2.45, 2.75) is 25.6 Å². The minimum absolute atomic E-state index is 0.743. The van der Waals surface area contributed by atoms with E-state index in [2.05, 4.69) is 54.0 Å². The van der Waals surface area contributed by atoms with Crippen LogP contribution in [-0.4, -0.2) is 31.1 Å².